The second-order valence-electron chi connectivity index (χ2n) is 4.41. The van der Waals surface area contributed by atoms with E-state index in [1.165, 1.54) is 0 Å². The van der Waals surface area contributed by atoms with Gasteiger partial charge in [-0.3, -0.25) is 0 Å². The smallest absolute Gasteiger partial charge is 0.159 e. The number of halogens is 1. The van der Waals surface area contributed by atoms with E-state index in [9.17, 15) is 5.11 Å². The lowest BCUT2D eigenvalue weighted by atomic mass is 10.1. The van der Waals surface area contributed by atoms with E-state index in [0.29, 0.717) is 11.5 Å². The molecule has 3 nitrogen and oxygen atoms in total. The topological polar surface area (TPSA) is 46.0 Å². The molecule has 0 aliphatic heterocycles. The summed E-state index contributed by atoms with van der Waals surface area (Å²) < 4.78 is 1.11. The molecule has 0 bridgehead atoms. The van der Waals surface area contributed by atoms with Gasteiger partial charge >= 0.3 is 0 Å². The SMILES string of the molecule is Cc1cc(CO)nc(-c2cc(C)c(Br)c(C)c2)n1. The number of aryl methyl sites for hydroxylation is 3. The molecule has 0 amide bonds. The fourth-order valence-corrected chi connectivity index (χ4v) is 2.15. The summed E-state index contributed by atoms with van der Waals surface area (Å²) in [6, 6.07) is 5.89. The van der Waals surface area contributed by atoms with Crippen LogP contribution in [0.2, 0.25) is 0 Å². The largest absolute Gasteiger partial charge is 0.390 e. The van der Waals surface area contributed by atoms with Crippen molar-refractivity contribution in [3.63, 3.8) is 0 Å². The van der Waals surface area contributed by atoms with Crippen LogP contribution in [0.4, 0.5) is 0 Å². The van der Waals surface area contributed by atoms with Crippen LogP contribution in [0, 0.1) is 20.8 Å². The molecule has 0 aliphatic rings. The molecule has 0 radical (unpaired) electrons. The van der Waals surface area contributed by atoms with Crippen molar-refractivity contribution in [1.29, 1.82) is 0 Å². The van der Waals surface area contributed by atoms with Crippen molar-refractivity contribution in [1.82, 2.24) is 9.97 Å². The Morgan fingerprint density at radius 1 is 1.06 bits per heavy atom. The zero-order valence-corrected chi connectivity index (χ0v) is 12.2. The van der Waals surface area contributed by atoms with Gasteiger partial charge in [0.1, 0.15) is 0 Å². The van der Waals surface area contributed by atoms with Crippen LogP contribution in [0.25, 0.3) is 11.4 Å². The highest BCUT2D eigenvalue weighted by atomic mass is 79.9. The van der Waals surface area contributed by atoms with Crippen molar-refractivity contribution < 1.29 is 5.11 Å². The summed E-state index contributed by atoms with van der Waals surface area (Å²) in [5.74, 6) is 0.665. The van der Waals surface area contributed by atoms with Gasteiger partial charge < -0.3 is 5.11 Å². The molecule has 1 aromatic carbocycles. The number of benzene rings is 1. The first-order valence-electron chi connectivity index (χ1n) is 5.74. The first kappa shape index (κ1) is 13.2. The number of hydrogen-bond donors (Lipinski definition) is 1. The van der Waals surface area contributed by atoms with E-state index in [-0.39, 0.29) is 6.61 Å². The molecule has 0 saturated heterocycles. The lowest BCUT2D eigenvalue weighted by Gasteiger charge is -2.08. The minimum atomic E-state index is -0.0646. The standard InChI is InChI=1S/C14H15BrN2O/c1-8-4-11(5-9(2)13(8)15)14-16-10(3)6-12(7-18)17-14/h4-6,18H,7H2,1-3H3. The second-order valence-corrected chi connectivity index (χ2v) is 5.20. The Morgan fingerprint density at radius 2 is 1.67 bits per heavy atom. The lowest BCUT2D eigenvalue weighted by Crippen LogP contribution is -1.98. The van der Waals surface area contributed by atoms with Gasteiger partial charge in [-0.15, -0.1) is 0 Å². The van der Waals surface area contributed by atoms with Gasteiger partial charge in [-0.2, -0.15) is 0 Å². The van der Waals surface area contributed by atoms with Gasteiger partial charge in [0, 0.05) is 15.7 Å². The number of hydrogen-bond acceptors (Lipinski definition) is 3. The highest BCUT2D eigenvalue weighted by molar-refractivity contribution is 9.10. The minimum Gasteiger partial charge on any atom is -0.390 e. The molecule has 94 valence electrons. The maximum absolute atomic E-state index is 9.19. The van der Waals surface area contributed by atoms with Crippen LogP contribution in [-0.2, 0) is 6.61 Å². The molecular weight excluding hydrogens is 292 g/mol. The molecule has 0 unspecified atom stereocenters. The molecule has 0 aliphatic carbocycles. The second kappa shape index (κ2) is 5.16. The van der Waals surface area contributed by atoms with Crippen LogP contribution in [0.15, 0.2) is 22.7 Å². The maximum Gasteiger partial charge on any atom is 0.159 e. The maximum atomic E-state index is 9.19. The summed E-state index contributed by atoms with van der Waals surface area (Å²) in [6.07, 6.45) is 0. The molecule has 1 aromatic heterocycles. The number of aliphatic hydroxyl groups is 1. The van der Waals surface area contributed by atoms with Gasteiger partial charge in [0.25, 0.3) is 0 Å². The monoisotopic (exact) mass is 306 g/mol. The Morgan fingerprint density at radius 3 is 2.22 bits per heavy atom. The van der Waals surface area contributed by atoms with Crippen LogP contribution < -0.4 is 0 Å². The van der Waals surface area contributed by atoms with E-state index in [1.807, 2.05) is 32.9 Å². The van der Waals surface area contributed by atoms with E-state index in [4.69, 9.17) is 0 Å². The molecule has 0 spiro atoms. The number of rotatable bonds is 2. The summed E-state index contributed by atoms with van der Waals surface area (Å²) in [7, 11) is 0. The van der Waals surface area contributed by atoms with Gasteiger partial charge in [0.2, 0.25) is 0 Å². The van der Waals surface area contributed by atoms with Crippen LogP contribution in [-0.4, -0.2) is 15.1 Å². The highest BCUT2D eigenvalue weighted by Gasteiger charge is 2.08. The molecule has 2 aromatic rings. The molecule has 1 N–H and O–H groups in total. The van der Waals surface area contributed by atoms with Crippen molar-refractivity contribution in [3.05, 3.63) is 45.2 Å². The minimum absolute atomic E-state index is 0.0646. The third-order valence-corrected chi connectivity index (χ3v) is 4.01. The van der Waals surface area contributed by atoms with Gasteiger partial charge in [0.15, 0.2) is 5.82 Å². The fraction of sp³-hybridized carbons (Fsp3) is 0.286. The van der Waals surface area contributed by atoms with Crippen molar-refractivity contribution in [2.45, 2.75) is 27.4 Å². The number of aromatic nitrogens is 2. The zero-order chi connectivity index (χ0) is 13.3. The Labute approximate surface area is 115 Å². The molecule has 4 heteroatoms. The Kier molecular flexibility index (Phi) is 3.78. The Hall–Kier alpha value is -1.26. The molecule has 2 rings (SSSR count). The van der Waals surface area contributed by atoms with Gasteiger partial charge in [-0.1, -0.05) is 15.9 Å². The molecule has 1 heterocycles. The summed E-state index contributed by atoms with van der Waals surface area (Å²) in [4.78, 5) is 8.78. The molecular formula is C14H15BrN2O. The normalized spacial score (nSPS) is 10.7. The van der Waals surface area contributed by atoms with Crippen molar-refractivity contribution in [2.75, 3.05) is 0 Å². The number of aliphatic hydroxyl groups excluding tert-OH is 1. The first-order chi connectivity index (χ1) is 8.51. The third-order valence-electron chi connectivity index (χ3n) is 2.76. The van der Waals surface area contributed by atoms with Crippen LogP contribution in [0.1, 0.15) is 22.5 Å². The van der Waals surface area contributed by atoms with E-state index in [2.05, 4.69) is 25.9 Å². The summed E-state index contributed by atoms with van der Waals surface area (Å²) in [5.41, 5.74) is 4.80. The Balaban J connectivity index is 2.58. The quantitative estimate of drug-likeness (QED) is 0.925. The summed E-state index contributed by atoms with van der Waals surface area (Å²) >= 11 is 3.55. The lowest BCUT2D eigenvalue weighted by molar-refractivity contribution is 0.276. The predicted molar refractivity (Wildman–Crippen MR) is 75.3 cm³/mol. The molecule has 18 heavy (non-hydrogen) atoms. The van der Waals surface area contributed by atoms with E-state index >= 15 is 0 Å². The fourth-order valence-electron chi connectivity index (χ4n) is 1.92. The van der Waals surface area contributed by atoms with E-state index in [0.717, 1.165) is 26.9 Å². The third kappa shape index (κ3) is 2.60. The predicted octanol–water partition coefficient (Wildman–Crippen LogP) is 3.32. The van der Waals surface area contributed by atoms with Gasteiger partial charge in [-0.25, -0.2) is 9.97 Å². The average molecular weight is 307 g/mol. The van der Waals surface area contributed by atoms with Crippen molar-refractivity contribution >= 4 is 15.9 Å². The summed E-state index contributed by atoms with van der Waals surface area (Å²) in [5, 5.41) is 9.19. The van der Waals surface area contributed by atoms with Crippen LogP contribution in [0.3, 0.4) is 0 Å². The van der Waals surface area contributed by atoms with Gasteiger partial charge in [-0.05, 0) is 50.1 Å². The van der Waals surface area contributed by atoms with Crippen LogP contribution >= 0.6 is 15.9 Å². The van der Waals surface area contributed by atoms with Gasteiger partial charge in [0.05, 0.1) is 12.3 Å². The zero-order valence-electron chi connectivity index (χ0n) is 10.7. The van der Waals surface area contributed by atoms with Crippen molar-refractivity contribution in [2.24, 2.45) is 0 Å². The van der Waals surface area contributed by atoms with Crippen molar-refractivity contribution in [3.8, 4) is 11.4 Å². The average Bonchev–Trinajstić information content (AvgIpc) is 2.34. The first-order valence-corrected chi connectivity index (χ1v) is 6.53. The van der Waals surface area contributed by atoms with E-state index in [1.54, 1.807) is 6.07 Å². The van der Waals surface area contributed by atoms with Crippen LogP contribution in [0.5, 0.6) is 0 Å². The molecule has 0 atom stereocenters. The number of nitrogens with zero attached hydrogens (tertiary/aromatic N) is 2. The molecule has 0 saturated carbocycles. The highest BCUT2D eigenvalue weighted by Crippen LogP contribution is 2.27. The summed E-state index contributed by atoms with van der Waals surface area (Å²) in [6.45, 7) is 5.93. The van der Waals surface area contributed by atoms with E-state index < -0.39 is 0 Å². The Bertz CT molecular complexity index is 573. The molecule has 0 fully saturated rings.